The Labute approximate surface area is 111 Å². The zero-order chi connectivity index (χ0) is 14.6. The maximum Gasteiger partial charge on any atom is 0.238 e. The van der Waals surface area contributed by atoms with E-state index in [0.29, 0.717) is 11.9 Å². The van der Waals surface area contributed by atoms with E-state index in [9.17, 15) is 9.59 Å². The minimum atomic E-state index is -0.356. The molecule has 0 saturated carbocycles. The Kier molecular flexibility index (Phi) is 4.74. The number of nitrogens with zero attached hydrogens (tertiary/aromatic N) is 5. The summed E-state index contributed by atoms with van der Waals surface area (Å²) < 4.78 is 0. The largest absolute Gasteiger partial charge is 0.357 e. The van der Waals surface area contributed by atoms with E-state index in [0.717, 1.165) is 0 Å². The average Bonchev–Trinajstić information content (AvgIpc) is 2.36. The molecule has 104 valence electrons. The maximum atomic E-state index is 11.8. The number of ketones is 1. The zero-order valence-corrected chi connectivity index (χ0v) is 11.8. The third kappa shape index (κ3) is 3.87. The van der Waals surface area contributed by atoms with Crippen LogP contribution in [0.4, 0.5) is 17.8 Å². The molecule has 1 N–H and O–H groups in total. The number of rotatable bonds is 5. The molecule has 0 radical (unpaired) electrons. The van der Waals surface area contributed by atoms with Crippen LogP contribution in [0.3, 0.4) is 0 Å². The summed E-state index contributed by atoms with van der Waals surface area (Å²) in [6.07, 6.45) is -0.172. The summed E-state index contributed by atoms with van der Waals surface area (Å²) in [5.74, 6) is 0.431. The Hall–Kier alpha value is -2.25. The maximum absolute atomic E-state index is 11.8. The topological polar surface area (TPSA) is 91.3 Å². The molecular formula is C11H18N6O2. The van der Waals surface area contributed by atoms with E-state index in [4.69, 9.17) is 0 Å². The molecule has 1 heterocycles. The molecule has 1 aromatic heterocycles. The second-order valence-corrected chi connectivity index (χ2v) is 4.23. The van der Waals surface area contributed by atoms with Crippen molar-refractivity contribution >= 4 is 29.5 Å². The van der Waals surface area contributed by atoms with Crippen molar-refractivity contribution in [3.05, 3.63) is 0 Å². The normalized spacial score (nSPS) is 9.95. The van der Waals surface area contributed by atoms with E-state index in [1.165, 1.54) is 18.9 Å². The number of hydrogen-bond donors (Lipinski definition) is 1. The van der Waals surface area contributed by atoms with Gasteiger partial charge in [0, 0.05) is 28.2 Å². The van der Waals surface area contributed by atoms with Crippen molar-refractivity contribution in [2.75, 3.05) is 43.3 Å². The number of Topliss-reactive ketones (excluding diaryl/α,β-unsaturated/α-hetero) is 1. The summed E-state index contributed by atoms with van der Waals surface area (Å²) in [5.41, 5.74) is 0. The summed E-state index contributed by atoms with van der Waals surface area (Å²) in [5, 5.41) is 2.80. The fourth-order valence-corrected chi connectivity index (χ4v) is 1.26. The van der Waals surface area contributed by atoms with E-state index in [2.05, 4.69) is 20.3 Å². The van der Waals surface area contributed by atoms with E-state index in [1.54, 1.807) is 26.0 Å². The van der Waals surface area contributed by atoms with Crippen molar-refractivity contribution in [2.45, 2.75) is 13.3 Å². The van der Waals surface area contributed by atoms with Crippen LogP contribution in [0.15, 0.2) is 0 Å². The molecule has 0 aliphatic heterocycles. The monoisotopic (exact) mass is 266 g/mol. The van der Waals surface area contributed by atoms with Gasteiger partial charge >= 0.3 is 0 Å². The van der Waals surface area contributed by atoms with E-state index in [-0.39, 0.29) is 24.1 Å². The van der Waals surface area contributed by atoms with Gasteiger partial charge in [0.05, 0.1) is 6.42 Å². The SMILES string of the molecule is CNc1nc(N(C)C)nc(N(C)C(=O)CC(C)=O)n1. The molecule has 19 heavy (non-hydrogen) atoms. The van der Waals surface area contributed by atoms with Crippen molar-refractivity contribution in [1.82, 2.24) is 15.0 Å². The lowest BCUT2D eigenvalue weighted by atomic mass is 10.3. The van der Waals surface area contributed by atoms with Gasteiger partial charge in [-0.1, -0.05) is 0 Å². The van der Waals surface area contributed by atoms with Gasteiger partial charge in [0.1, 0.15) is 5.78 Å². The highest BCUT2D eigenvalue weighted by Gasteiger charge is 2.17. The molecule has 1 amide bonds. The molecule has 1 rings (SSSR count). The highest BCUT2D eigenvalue weighted by Crippen LogP contribution is 2.14. The minimum Gasteiger partial charge on any atom is -0.357 e. The van der Waals surface area contributed by atoms with Crippen LogP contribution in [0.2, 0.25) is 0 Å². The second-order valence-electron chi connectivity index (χ2n) is 4.23. The van der Waals surface area contributed by atoms with Gasteiger partial charge in [-0.3, -0.25) is 14.5 Å². The predicted molar refractivity (Wildman–Crippen MR) is 72.4 cm³/mol. The first kappa shape index (κ1) is 14.8. The lowest BCUT2D eigenvalue weighted by Crippen LogP contribution is -2.30. The number of carbonyl (C=O) groups excluding carboxylic acids is 2. The Morgan fingerprint density at radius 1 is 1.11 bits per heavy atom. The summed E-state index contributed by atoms with van der Waals surface area (Å²) in [4.78, 5) is 38.1. The molecule has 0 aliphatic rings. The standard InChI is InChI=1S/C11H18N6O2/c1-7(18)6-8(19)17(5)11-14-9(12-2)13-10(15-11)16(3)4/h6H2,1-5H3,(H,12,13,14,15). The van der Waals surface area contributed by atoms with Gasteiger partial charge in [0.15, 0.2) is 0 Å². The van der Waals surface area contributed by atoms with Gasteiger partial charge < -0.3 is 10.2 Å². The Bertz CT molecular complexity index is 488. The highest BCUT2D eigenvalue weighted by atomic mass is 16.2. The molecule has 0 spiro atoms. The van der Waals surface area contributed by atoms with Crippen LogP contribution in [-0.4, -0.2) is 54.8 Å². The van der Waals surface area contributed by atoms with Crippen molar-refractivity contribution in [3.63, 3.8) is 0 Å². The molecule has 8 heteroatoms. The number of nitrogens with one attached hydrogen (secondary N) is 1. The van der Waals surface area contributed by atoms with Crippen LogP contribution in [0.1, 0.15) is 13.3 Å². The minimum absolute atomic E-state index is 0.172. The molecule has 0 atom stereocenters. The van der Waals surface area contributed by atoms with E-state index >= 15 is 0 Å². The van der Waals surface area contributed by atoms with Crippen LogP contribution in [0.5, 0.6) is 0 Å². The predicted octanol–water partition coefficient (Wildman–Crippen LogP) is -0.0788. The average molecular weight is 266 g/mol. The Morgan fingerprint density at radius 2 is 1.68 bits per heavy atom. The number of hydrogen-bond acceptors (Lipinski definition) is 7. The van der Waals surface area contributed by atoms with E-state index in [1.807, 2.05) is 0 Å². The van der Waals surface area contributed by atoms with E-state index < -0.39 is 0 Å². The summed E-state index contributed by atoms with van der Waals surface area (Å²) in [6.45, 7) is 1.36. The first-order chi connectivity index (χ1) is 8.85. The zero-order valence-electron chi connectivity index (χ0n) is 11.8. The number of aromatic nitrogens is 3. The molecular weight excluding hydrogens is 248 g/mol. The fraction of sp³-hybridized carbons (Fsp3) is 0.545. The summed E-state index contributed by atoms with van der Waals surface area (Å²) in [6, 6.07) is 0. The van der Waals surface area contributed by atoms with Crippen molar-refractivity contribution in [2.24, 2.45) is 0 Å². The number of carbonyl (C=O) groups is 2. The smallest absolute Gasteiger partial charge is 0.238 e. The van der Waals surface area contributed by atoms with Crippen LogP contribution in [0.25, 0.3) is 0 Å². The van der Waals surface area contributed by atoms with Gasteiger partial charge in [0.2, 0.25) is 23.8 Å². The molecule has 0 fully saturated rings. The number of amides is 1. The fourth-order valence-electron chi connectivity index (χ4n) is 1.26. The van der Waals surface area contributed by atoms with Crippen LogP contribution < -0.4 is 15.1 Å². The van der Waals surface area contributed by atoms with Gasteiger partial charge in [-0.25, -0.2) is 0 Å². The Balaban J connectivity index is 3.08. The molecule has 0 saturated heterocycles. The molecule has 0 unspecified atom stereocenters. The van der Waals surface area contributed by atoms with Gasteiger partial charge in [0.25, 0.3) is 0 Å². The molecule has 0 aromatic carbocycles. The molecule has 1 aromatic rings. The van der Waals surface area contributed by atoms with Crippen molar-refractivity contribution < 1.29 is 9.59 Å². The van der Waals surface area contributed by atoms with Crippen LogP contribution >= 0.6 is 0 Å². The summed E-state index contributed by atoms with van der Waals surface area (Å²) >= 11 is 0. The van der Waals surface area contributed by atoms with Crippen molar-refractivity contribution in [1.29, 1.82) is 0 Å². The molecule has 8 nitrogen and oxygen atoms in total. The highest BCUT2D eigenvalue weighted by molar-refractivity contribution is 6.03. The number of anilines is 3. The first-order valence-electron chi connectivity index (χ1n) is 5.72. The Morgan fingerprint density at radius 3 is 2.16 bits per heavy atom. The van der Waals surface area contributed by atoms with Gasteiger partial charge in [-0.05, 0) is 6.92 Å². The van der Waals surface area contributed by atoms with Crippen molar-refractivity contribution in [3.8, 4) is 0 Å². The lowest BCUT2D eigenvalue weighted by Gasteiger charge is -2.18. The van der Waals surface area contributed by atoms with Crippen LogP contribution in [0, 0.1) is 0 Å². The van der Waals surface area contributed by atoms with Gasteiger partial charge in [-0.15, -0.1) is 0 Å². The third-order valence-electron chi connectivity index (χ3n) is 2.31. The lowest BCUT2D eigenvalue weighted by molar-refractivity contribution is -0.125. The summed E-state index contributed by atoms with van der Waals surface area (Å²) in [7, 11) is 6.78. The second kappa shape index (κ2) is 6.07. The quantitative estimate of drug-likeness (QED) is 0.745. The molecule has 0 aliphatic carbocycles. The van der Waals surface area contributed by atoms with Gasteiger partial charge in [-0.2, -0.15) is 15.0 Å². The third-order valence-corrected chi connectivity index (χ3v) is 2.31. The first-order valence-corrected chi connectivity index (χ1v) is 5.72. The molecule has 0 bridgehead atoms. The van der Waals surface area contributed by atoms with Crippen LogP contribution in [-0.2, 0) is 9.59 Å².